The lowest BCUT2D eigenvalue weighted by Crippen LogP contribution is -2.32. The van der Waals surface area contributed by atoms with Crippen LogP contribution >= 0.6 is 11.6 Å². The predicted molar refractivity (Wildman–Crippen MR) is 115 cm³/mol. The van der Waals surface area contributed by atoms with Crippen LogP contribution in [0.4, 0.5) is 0 Å². The van der Waals surface area contributed by atoms with Crippen LogP contribution < -0.4 is 5.48 Å². The van der Waals surface area contributed by atoms with Gasteiger partial charge in [-0.1, -0.05) is 30.3 Å². The number of alkyl halides is 1. The molecule has 7 heteroatoms. The van der Waals surface area contributed by atoms with Crippen LogP contribution in [0, 0.1) is 0 Å². The van der Waals surface area contributed by atoms with Crippen molar-refractivity contribution in [1.82, 2.24) is 10.5 Å². The SMILES string of the molecule is O=C(C=Cc1ccc(C=CC(=O)c2ccc(CCl)cc2)cn1)NOC1CCCCO1. The summed E-state index contributed by atoms with van der Waals surface area (Å²) in [4.78, 5) is 33.5. The van der Waals surface area contributed by atoms with Crippen molar-refractivity contribution in [3.63, 3.8) is 0 Å². The third kappa shape index (κ3) is 6.91. The molecule has 1 aliphatic heterocycles. The molecule has 1 unspecified atom stereocenters. The Morgan fingerprint density at radius 2 is 1.97 bits per heavy atom. The van der Waals surface area contributed by atoms with Gasteiger partial charge in [-0.25, -0.2) is 10.3 Å². The Kier molecular flexibility index (Phi) is 8.32. The first-order valence-electron chi connectivity index (χ1n) is 9.73. The number of carbonyl (C=O) groups is 2. The molecular weight excluding hydrogens is 404 g/mol. The largest absolute Gasteiger partial charge is 0.350 e. The maximum Gasteiger partial charge on any atom is 0.267 e. The van der Waals surface area contributed by atoms with Crippen molar-refractivity contribution < 1.29 is 19.2 Å². The first-order chi connectivity index (χ1) is 14.6. The molecule has 1 atom stereocenters. The van der Waals surface area contributed by atoms with Gasteiger partial charge in [-0.3, -0.25) is 14.6 Å². The van der Waals surface area contributed by atoms with Gasteiger partial charge in [0.15, 0.2) is 12.1 Å². The van der Waals surface area contributed by atoms with Gasteiger partial charge in [0.1, 0.15) is 0 Å². The molecule has 1 N–H and O–H groups in total. The molecule has 156 valence electrons. The number of aromatic nitrogens is 1. The Bertz CT molecular complexity index is 902. The zero-order chi connectivity index (χ0) is 21.2. The van der Waals surface area contributed by atoms with Crippen LogP contribution in [0.15, 0.2) is 54.7 Å². The molecule has 0 saturated carbocycles. The van der Waals surface area contributed by atoms with E-state index >= 15 is 0 Å². The van der Waals surface area contributed by atoms with Gasteiger partial charge in [0, 0.05) is 36.7 Å². The van der Waals surface area contributed by atoms with E-state index in [2.05, 4.69) is 10.5 Å². The van der Waals surface area contributed by atoms with Crippen molar-refractivity contribution in [2.75, 3.05) is 6.61 Å². The second kappa shape index (κ2) is 11.4. The number of ether oxygens (including phenoxy) is 1. The van der Waals surface area contributed by atoms with E-state index in [4.69, 9.17) is 21.2 Å². The van der Waals surface area contributed by atoms with Crippen LogP contribution in [0.1, 0.15) is 46.4 Å². The molecular formula is C23H23ClN2O4. The zero-order valence-electron chi connectivity index (χ0n) is 16.4. The number of hydroxylamine groups is 1. The lowest BCUT2D eigenvalue weighted by molar-refractivity contribution is -0.198. The van der Waals surface area contributed by atoms with E-state index < -0.39 is 0 Å². The summed E-state index contributed by atoms with van der Waals surface area (Å²) in [6, 6.07) is 10.8. The molecule has 0 aliphatic carbocycles. The number of nitrogens with one attached hydrogen (secondary N) is 1. The van der Waals surface area contributed by atoms with Crippen molar-refractivity contribution in [2.45, 2.75) is 31.4 Å². The normalized spacial score (nSPS) is 16.8. The summed E-state index contributed by atoms with van der Waals surface area (Å²) in [6.45, 7) is 0.646. The number of allylic oxidation sites excluding steroid dienone is 1. The zero-order valence-corrected chi connectivity index (χ0v) is 17.2. The van der Waals surface area contributed by atoms with Crippen molar-refractivity contribution in [2.24, 2.45) is 0 Å². The van der Waals surface area contributed by atoms with Gasteiger partial charge in [-0.2, -0.15) is 0 Å². The molecule has 30 heavy (non-hydrogen) atoms. The second-order valence-electron chi connectivity index (χ2n) is 6.76. The topological polar surface area (TPSA) is 77.5 Å². The first kappa shape index (κ1) is 21.9. The van der Waals surface area contributed by atoms with Crippen LogP contribution in [-0.2, 0) is 20.2 Å². The Morgan fingerprint density at radius 1 is 1.13 bits per heavy atom. The van der Waals surface area contributed by atoms with Crippen molar-refractivity contribution in [1.29, 1.82) is 0 Å². The summed E-state index contributed by atoms with van der Waals surface area (Å²) in [5.74, 6) is -0.0696. The molecule has 3 rings (SSSR count). The van der Waals surface area contributed by atoms with Gasteiger partial charge < -0.3 is 4.74 Å². The quantitative estimate of drug-likeness (QED) is 0.294. The monoisotopic (exact) mass is 426 g/mol. The van der Waals surface area contributed by atoms with E-state index in [0.717, 1.165) is 30.4 Å². The average molecular weight is 427 g/mol. The summed E-state index contributed by atoms with van der Waals surface area (Å²) in [6.07, 6.45) is 10.2. The molecule has 1 aromatic carbocycles. The number of amides is 1. The number of hydrogen-bond donors (Lipinski definition) is 1. The molecule has 1 aliphatic rings. The summed E-state index contributed by atoms with van der Waals surface area (Å²) in [5, 5.41) is 0. The number of halogens is 1. The fourth-order valence-corrected chi connectivity index (χ4v) is 2.94. The maximum atomic E-state index is 12.2. The van der Waals surface area contributed by atoms with Gasteiger partial charge in [0.2, 0.25) is 0 Å². The van der Waals surface area contributed by atoms with Crippen LogP contribution in [-0.4, -0.2) is 29.6 Å². The molecule has 6 nitrogen and oxygen atoms in total. The van der Waals surface area contributed by atoms with E-state index in [1.54, 1.807) is 36.5 Å². The van der Waals surface area contributed by atoms with Crippen molar-refractivity contribution in [3.8, 4) is 0 Å². The maximum absolute atomic E-state index is 12.2. The Hall–Kier alpha value is -2.80. The number of benzene rings is 1. The summed E-state index contributed by atoms with van der Waals surface area (Å²) in [7, 11) is 0. The number of hydrogen-bond acceptors (Lipinski definition) is 5. The van der Waals surface area contributed by atoms with Crippen molar-refractivity contribution >= 4 is 35.4 Å². The van der Waals surface area contributed by atoms with E-state index in [0.29, 0.717) is 23.7 Å². The van der Waals surface area contributed by atoms with Gasteiger partial charge in [0.05, 0.1) is 5.69 Å². The fraction of sp³-hybridized carbons (Fsp3) is 0.261. The van der Waals surface area contributed by atoms with Crippen molar-refractivity contribution in [3.05, 3.63) is 77.1 Å². The standard InChI is InChI=1S/C23H23ClN2O4/c24-15-17-4-8-19(9-5-17)21(27)12-7-18-6-10-20(25-16-18)11-13-22(28)26-30-23-3-1-2-14-29-23/h4-13,16,23H,1-3,14-15H2,(H,26,28). The van der Waals surface area contributed by atoms with Crippen LogP contribution in [0.5, 0.6) is 0 Å². The van der Waals surface area contributed by atoms with Crippen LogP contribution in [0.25, 0.3) is 12.2 Å². The van der Waals surface area contributed by atoms with Gasteiger partial charge in [-0.15, -0.1) is 11.6 Å². The molecule has 2 aromatic rings. The van der Waals surface area contributed by atoms with E-state index in [-0.39, 0.29) is 18.0 Å². The number of pyridine rings is 1. The van der Waals surface area contributed by atoms with Crippen LogP contribution in [0.3, 0.4) is 0 Å². The van der Waals surface area contributed by atoms with E-state index in [9.17, 15) is 9.59 Å². The van der Waals surface area contributed by atoms with E-state index in [1.165, 1.54) is 12.2 Å². The van der Waals surface area contributed by atoms with Gasteiger partial charge in [0.25, 0.3) is 5.91 Å². The number of rotatable bonds is 8. The summed E-state index contributed by atoms with van der Waals surface area (Å²) >= 11 is 5.76. The fourth-order valence-electron chi connectivity index (χ4n) is 2.76. The number of nitrogens with zero attached hydrogens (tertiary/aromatic N) is 1. The lowest BCUT2D eigenvalue weighted by Gasteiger charge is -2.21. The summed E-state index contributed by atoms with van der Waals surface area (Å²) in [5.41, 5.74) is 5.31. The number of ketones is 1. The Balaban J connectivity index is 1.48. The minimum Gasteiger partial charge on any atom is -0.350 e. The molecule has 1 aromatic heterocycles. The lowest BCUT2D eigenvalue weighted by atomic mass is 10.1. The molecule has 1 fully saturated rings. The highest BCUT2D eigenvalue weighted by atomic mass is 35.5. The highest BCUT2D eigenvalue weighted by Crippen LogP contribution is 2.13. The molecule has 0 spiro atoms. The molecule has 1 saturated heterocycles. The highest BCUT2D eigenvalue weighted by molar-refractivity contribution is 6.17. The van der Waals surface area contributed by atoms with Crippen LogP contribution in [0.2, 0.25) is 0 Å². The Labute approximate surface area is 180 Å². The predicted octanol–water partition coefficient (Wildman–Crippen LogP) is 4.30. The molecule has 0 radical (unpaired) electrons. The molecule has 0 bridgehead atoms. The summed E-state index contributed by atoms with van der Waals surface area (Å²) < 4.78 is 5.37. The molecule has 2 heterocycles. The van der Waals surface area contributed by atoms with Gasteiger partial charge >= 0.3 is 0 Å². The third-order valence-electron chi connectivity index (χ3n) is 4.46. The highest BCUT2D eigenvalue weighted by Gasteiger charge is 2.14. The smallest absolute Gasteiger partial charge is 0.267 e. The molecule has 1 amide bonds. The van der Waals surface area contributed by atoms with Gasteiger partial charge in [-0.05, 0) is 48.3 Å². The van der Waals surface area contributed by atoms with E-state index in [1.807, 2.05) is 18.2 Å². The average Bonchev–Trinajstić information content (AvgIpc) is 2.81. The second-order valence-corrected chi connectivity index (χ2v) is 7.03. The minimum absolute atomic E-state index is 0.0984. The minimum atomic E-state index is -0.388. The first-order valence-corrected chi connectivity index (χ1v) is 10.3. The third-order valence-corrected chi connectivity index (χ3v) is 4.77. The number of carbonyl (C=O) groups excluding carboxylic acids is 2. The Morgan fingerprint density at radius 3 is 2.63 bits per heavy atom.